The number of aliphatic hydroxyl groups excluding tert-OH is 1. The van der Waals surface area contributed by atoms with Gasteiger partial charge in [-0.2, -0.15) is 0 Å². The maximum atomic E-state index is 11.5. The summed E-state index contributed by atoms with van der Waals surface area (Å²) in [5.74, 6) is 0. The number of carbonyl (C=O) groups excluding carboxylic acids is 1. The fraction of sp³-hybridized carbons (Fsp3) is 0.917. The first-order valence-electron chi connectivity index (χ1n) is 6.20. The molecule has 5 nitrogen and oxygen atoms in total. The molecule has 1 heterocycles. The fourth-order valence-corrected chi connectivity index (χ4v) is 1.93. The van der Waals surface area contributed by atoms with Gasteiger partial charge in [-0.3, -0.25) is 0 Å². The summed E-state index contributed by atoms with van der Waals surface area (Å²) in [4.78, 5) is 11.5. The number of ether oxygens (including phenoxy) is 1. The van der Waals surface area contributed by atoms with Crippen LogP contribution in [0.2, 0.25) is 0 Å². The Morgan fingerprint density at radius 3 is 2.65 bits per heavy atom. The molecule has 0 aliphatic carbocycles. The number of rotatable bonds is 3. The number of amides is 1. The lowest BCUT2D eigenvalue weighted by Gasteiger charge is -2.37. The van der Waals surface area contributed by atoms with E-state index < -0.39 is 11.7 Å². The number of hydrogen-bond donors (Lipinski definition) is 3. The molecule has 1 fully saturated rings. The van der Waals surface area contributed by atoms with Gasteiger partial charge in [0.2, 0.25) is 0 Å². The average Bonchev–Trinajstić information content (AvgIpc) is 2.25. The summed E-state index contributed by atoms with van der Waals surface area (Å²) in [6, 6.07) is 0. The van der Waals surface area contributed by atoms with E-state index in [1.165, 1.54) is 0 Å². The lowest BCUT2D eigenvalue weighted by Crippen LogP contribution is -2.58. The summed E-state index contributed by atoms with van der Waals surface area (Å²) < 4.78 is 5.16. The highest BCUT2D eigenvalue weighted by atomic mass is 16.6. The van der Waals surface area contributed by atoms with Crippen LogP contribution in [0, 0.1) is 0 Å². The summed E-state index contributed by atoms with van der Waals surface area (Å²) in [7, 11) is 0. The predicted molar refractivity (Wildman–Crippen MR) is 65.9 cm³/mol. The maximum absolute atomic E-state index is 11.5. The highest BCUT2D eigenvalue weighted by Gasteiger charge is 2.31. The van der Waals surface area contributed by atoms with Crippen molar-refractivity contribution >= 4 is 6.09 Å². The van der Waals surface area contributed by atoms with Crippen LogP contribution in [-0.4, -0.2) is 42.0 Å². The molecule has 1 unspecified atom stereocenters. The van der Waals surface area contributed by atoms with E-state index in [0.717, 1.165) is 25.8 Å². The number of nitrogens with one attached hydrogen (secondary N) is 2. The monoisotopic (exact) mass is 244 g/mol. The van der Waals surface area contributed by atoms with Crippen molar-refractivity contribution in [3.05, 3.63) is 0 Å². The van der Waals surface area contributed by atoms with Crippen LogP contribution in [0.3, 0.4) is 0 Å². The Labute approximate surface area is 103 Å². The number of hydrogen-bond acceptors (Lipinski definition) is 4. The summed E-state index contributed by atoms with van der Waals surface area (Å²) in [6.45, 7) is 6.80. The molecule has 1 rings (SSSR count). The topological polar surface area (TPSA) is 70.6 Å². The molecule has 0 aromatic carbocycles. The van der Waals surface area contributed by atoms with Crippen molar-refractivity contribution in [1.29, 1.82) is 0 Å². The predicted octanol–water partition coefficient (Wildman–Crippen LogP) is 1.02. The van der Waals surface area contributed by atoms with E-state index in [2.05, 4.69) is 10.6 Å². The van der Waals surface area contributed by atoms with Crippen LogP contribution in [0.5, 0.6) is 0 Å². The molecule has 0 aromatic rings. The van der Waals surface area contributed by atoms with Crippen molar-refractivity contribution in [3.63, 3.8) is 0 Å². The Kier molecular flexibility index (Phi) is 4.77. The Bertz CT molecular complexity index is 255. The van der Waals surface area contributed by atoms with Gasteiger partial charge in [-0.1, -0.05) is 6.42 Å². The van der Waals surface area contributed by atoms with E-state index in [4.69, 9.17) is 4.74 Å². The van der Waals surface area contributed by atoms with Crippen LogP contribution >= 0.6 is 0 Å². The molecule has 17 heavy (non-hydrogen) atoms. The van der Waals surface area contributed by atoms with Crippen LogP contribution in [0.25, 0.3) is 0 Å². The maximum Gasteiger partial charge on any atom is 0.407 e. The first-order chi connectivity index (χ1) is 7.87. The molecule has 1 aliphatic rings. The zero-order valence-corrected chi connectivity index (χ0v) is 11.0. The Hall–Kier alpha value is -0.810. The SMILES string of the molecule is CC(C)(C)OC(=O)NCC1(CO)CCCCN1. The normalized spacial score (nSPS) is 25.4. The molecule has 100 valence electrons. The second-order valence-electron chi connectivity index (χ2n) is 5.68. The third-order valence-corrected chi connectivity index (χ3v) is 2.85. The molecule has 0 bridgehead atoms. The Morgan fingerprint density at radius 1 is 1.47 bits per heavy atom. The van der Waals surface area contributed by atoms with E-state index in [0.29, 0.717) is 6.54 Å². The second kappa shape index (κ2) is 5.69. The van der Waals surface area contributed by atoms with Gasteiger partial charge in [-0.05, 0) is 40.2 Å². The molecule has 0 radical (unpaired) electrons. The van der Waals surface area contributed by atoms with E-state index in [1.807, 2.05) is 20.8 Å². The van der Waals surface area contributed by atoms with Gasteiger partial charge in [0, 0.05) is 6.54 Å². The molecule has 1 aliphatic heterocycles. The van der Waals surface area contributed by atoms with Gasteiger partial charge in [0.05, 0.1) is 12.1 Å². The van der Waals surface area contributed by atoms with E-state index in [9.17, 15) is 9.90 Å². The summed E-state index contributed by atoms with van der Waals surface area (Å²) >= 11 is 0. The average molecular weight is 244 g/mol. The number of carbonyl (C=O) groups is 1. The molecule has 0 saturated carbocycles. The van der Waals surface area contributed by atoms with E-state index in [-0.39, 0.29) is 12.1 Å². The number of piperidine rings is 1. The van der Waals surface area contributed by atoms with Crippen molar-refractivity contribution in [2.24, 2.45) is 0 Å². The highest BCUT2D eigenvalue weighted by Crippen LogP contribution is 2.18. The van der Waals surface area contributed by atoms with Crippen LogP contribution in [0.15, 0.2) is 0 Å². The Balaban J connectivity index is 2.39. The molecule has 5 heteroatoms. The van der Waals surface area contributed by atoms with Gasteiger partial charge in [-0.15, -0.1) is 0 Å². The van der Waals surface area contributed by atoms with Gasteiger partial charge in [-0.25, -0.2) is 4.79 Å². The molecular weight excluding hydrogens is 220 g/mol. The lowest BCUT2D eigenvalue weighted by atomic mass is 9.90. The third-order valence-electron chi connectivity index (χ3n) is 2.85. The molecule has 0 aromatic heterocycles. The van der Waals surface area contributed by atoms with Gasteiger partial charge in [0.25, 0.3) is 0 Å². The summed E-state index contributed by atoms with van der Waals surface area (Å²) in [5, 5.41) is 15.4. The van der Waals surface area contributed by atoms with Gasteiger partial charge in [0.1, 0.15) is 5.60 Å². The van der Waals surface area contributed by atoms with E-state index in [1.54, 1.807) is 0 Å². The molecule has 1 saturated heterocycles. The van der Waals surface area contributed by atoms with Gasteiger partial charge in [0.15, 0.2) is 0 Å². The van der Waals surface area contributed by atoms with Crippen molar-refractivity contribution < 1.29 is 14.6 Å². The minimum absolute atomic E-state index is 0.0306. The minimum atomic E-state index is -0.490. The molecule has 3 N–H and O–H groups in total. The molecule has 1 atom stereocenters. The van der Waals surface area contributed by atoms with Crippen molar-refractivity contribution in [3.8, 4) is 0 Å². The van der Waals surface area contributed by atoms with Gasteiger partial charge >= 0.3 is 6.09 Å². The Morgan fingerprint density at radius 2 is 2.18 bits per heavy atom. The second-order valence-corrected chi connectivity index (χ2v) is 5.68. The molecule has 0 spiro atoms. The van der Waals surface area contributed by atoms with Crippen LogP contribution in [0.4, 0.5) is 4.79 Å². The van der Waals surface area contributed by atoms with Crippen LogP contribution in [0.1, 0.15) is 40.0 Å². The third kappa shape index (κ3) is 4.91. The largest absolute Gasteiger partial charge is 0.444 e. The van der Waals surface area contributed by atoms with Crippen LogP contribution in [-0.2, 0) is 4.74 Å². The first kappa shape index (κ1) is 14.3. The lowest BCUT2D eigenvalue weighted by molar-refractivity contribution is 0.0480. The molecule has 1 amide bonds. The fourth-order valence-electron chi connectivity index (χ4n) is 1.93. The smallest absolute Gasteiger partial charge is 0.407 e. The number of alkyl carbamates (subject to hydrolysis) is 1. The summed E-state index contributed by atoms with van der Waals surface area (Å²) in [5.41, 5.74) is -0.869. The van der Waals surface area contributed by atoms with Gasteiger partial charge < -0.3 is 20.5 Å². The van der Waals surface area contributed by atoms with E-state index >= 15 is 0 Å². The standard InChI is InChI=1S/C12H24N2O3/c1-11(2,3)17-10(16)13-8-12(9-15)6-4-5-7-14-12/h14-15H,4-9H2,1-3H3,(H,13,16). The number of aliphatic hydroxyl groups is 1. The quantitative estimate of drug-likeness (QED) is 0.693. The first-order valence-corrected chi connectivity index (χ1v) is 6.20. The highest BCUT2D eigenvalue weighted by molar-refractivity contribution is 5.67. The van der Waals surface area contributed by atoms with Crippen molar-refractivity contribution in [2.45, 2.75) is 51.2 Å². The van der Waals surface area contributed by atoms with Crippen molar-refractivity contribution in [2.75, 3.05) is 19.7 Å². The zero-order valence-electron chi connectivity index (χ0n) is 11.0. The summed E-state index contributed by atoms with van der Waals surface area (Å²) in [6.07, 6.45) is 2.63. The van der Waals surface area contributed by atoms with Crippen LogP contribution < -0.4 is 10.6 Å². The minimum Gasteiger partial charge on any atom is -0.444 e. The van der Waals surface area contributed by atoms with Crippen molar-refractivity contribution in [1.82, 2.24) is 10.6 Å². The zero-order chi connectivity index (χ0) is 12.9. The molecular formula is C12H24N2O3.